The number of hydrogen-bond acceptors (Lipinski definition) is 4. The number of rotatable bonds is 4. The quantitative estimate of drug-likeness (QED) is 0.760. The van der Waals surface area contributed by atoms with E-state index in [-0.39, 0.29) is 18.4 Å². The molecule has 2 heterocycles. The Labute approximate surface area is 179 Å². The van der Waals surface area contributed by atoms with Crippen LogP contribution in [0.2, 0.25) is 5.02 Å². The molecule has 2 fully saturated rings. The standard InChI is InChI=1S/C22H22ClN3O4/c1-30-18-7-3-5-16(13-18)19(27)25-10-8-22(9-11-25)20(28)26(21(29)24-22)14-15-4-2-6-17(23)12-15/h2-7,12-13H,8-11,14H2,1H3,(H,24,29). The summed E-state index contributed by atoms with van der Waals surface area (Å²) in [5, 5.41) is 3.42. The van der Waals surface area contributed by atoms with E-state index in [9.17, 15) is 14.4 Å². The SMILES string of the molecule is COc1cccc(C(=O)N2CCC3(CC2)NC(=O)N(Cc2cccc(Cl)c2)C3=O)c1. The number of piperidine rings is 1. The van der Waals surface area contributed by atoms with Crippen molar-refractivity contribution < 1.29 is 19.1 Å². The highest BCUT2D eigenvalue weighted by molar-refractivity contribution is 6.30. The van der Waals surface area contributed by atoms with Gasteiger partial charge in [-0.2, -0.15) is 0 Å². The number of halogens is 1. The summed E-state index contributed by atoms with van der Waals surface area (Å²) in [6, 6.07) is 13.7. The third-order valence-electron chi connectivity index (χ3n) is 5.70. The van der Waals surface area contributed by atoms with Gasteiger partial charge in [0.05, 0.1) is 13.7 Å². The van der Waals surface area contributed by atoms with Gasteiger partial charge in [0.2, 0.25) is 0 Å². The molecule has 30 heavy (non-hydrogen) atoms. The zero-order valence-electron chi connectivity index (χ0n) is 16.6. The lowest BCUT2D eigenvalue weighted by Crippen LogP contribution is -2.55. The van der Waals surface area contributed by atoms with Crippen molar-refractivity contribution in [1.82, 2.24) is 15.1 Å². The fourth-order valence-corrected chi connectivity index (χ4v) is 4.22. The van der Waals surface area contributed by atoms with Crippen molar-refractivity contribution in [3.63, 3.8) is 0 Å². The van der Waals surface area contributed by atoms with Gasteiger partial charge in [-0.25, -0.2) is 4.79 Å². The molecule has 2 saturated heterocycles. The van der Waals surface area contributed by atoms with Crippen LogP contribution >= 0.6 is 11.6 Å². The zero-order valence-corrected chi connectivity index (χ0v) is 17.3. The highest BCUT2D eigenvalue weighted by Crippen LogP contribution is 2.31. The minimum atomic E-state index is -0.958. The molecule has 0 saturated carbocycles. The molecule has 4 amide bonds. The largest absolute Gasteiger partial charge is 0.497 e. The first-order valence-corrected chi connectivity index (χ1v) is 10.1. The van der Waals surface area contributed by atoms with Crippen molar-refractivity contribution in [3.05, 3.63) is 64.7 Å². The lowest BCUT2D eigenvalue weighted by Gasteiger charge is -2.37. The second-order valence-electron chi connectivity index (χ2n) is 7.56. The van der Waals surface area contributed by atoms with E-state index in [0.29, 0.717) is 42.3 Å². The second-order valence-corrected chi connectivity index (χ2v) is 7.99. The molecule has 2 aromatic carbocycles. The second kappa shape index (κ2) is 7.99. The monoisotopic (exact) mass is 427 g/mol. The van der Waals surface area contributed by atoms with E-state index in [1.165, 1.54) is 4.90 Å². The Morgan fingerprint density at radius 2 is 1.87 bits per heavy atom. The molecule has 1 N–H and O–H groups in total. The first kappa shape index (κ1) is 20.2. The summed E-state index contributed by atoms with van der Waals surface area (Å²) in [5.74, 6) is 0.251. The van der Waals surface area contributed by atoms with Crippen LogP contribution in [0.5, 0.6) is 5.75 Å². The van der Waals surface area contributed by atoms with E-state index < -0.39 is 11.6 Å². The Balaban J connectivity index is 1.44. The number of amides is 4. The highest BCUT2D eigenvalue weighted by atomic mass is 35.5. The summed E-state index contributed by atoms with van der Waals surface area (Å²) < 4.78 is 5.19. The Morgan fingerprint density at radius 3 is 2.57 bits per heavy atom. The number of urea groups is 1. The van der Waals surface area contributed by atoms with Crippen LogP contribution < -0.4 is 10.1 Å². The van der Waals surface area contributed by atoms with E-state index >= 15 is 0 Å². The van der Waals surface area contributed by atoms with Gasteiger partial charge in [-0.15, -0.1) is 0 Å². The minimum absolute atomic E-state index is 0.115. The summed E-state index contributed by atoms with van der Waals surface area (Å²) in [7, 11) is 1.55. The molecule has 2 aliphatic rings. The Hall–Kier alpha value is -3.06. The minimum Gasteiger partial charge on any atom is -0.497 e. The van der Waals surface area contributed by atoms with E-state index in [1.807, 2.05) is 6.07 Å². The maximum atomic E-state index is 13.1. The molecular formula is C22H22ClN3O4. The van der Waals surface area contributed by atoms with Gasteiger partial charge in [-0.1, -0.05) is 29.8 Å². The van der Waals surface area contributed by atoms with Crippen molar-refractivity contribution in [1.29, 1.82) is 0 Å². The van der Waals surface area contributed by atoms with Crippen LogP contribution in [-0.4, -0.2) is 53.4 Å². The first-order chi connectivity index (χ1) is 14.4. The highest BCUT2D eigenvalue weighted by Gasteiger charge is 2.52. The van der Waals surface area contributed by atoms with Gasteiger partial charge < -0.3 is 15.0 Å². The lowest BCUT2D eigenvalue weighted by molar-refractivity contribution is -0.133. The molecule has 2 aromatic rings. The summed E-state index contributed by atoms with van der Waals surface area (Å²) in [6.45, 7) is 0.930. The van der Waals surface area contributed by atoms with Crippen LogP contribution in [0.3, 0.4) is 0 Å². The number of hydrogen-bond donors (Lipinski definition) is 1. The molecule has 0 unspecified atom stereocenters. The Morgan fingerprint density at radius 1 is 1.13 bits per heavy atom. The third-order valence-corrected chi connectivity index (χ3v) is 5.93. The number of carbonyl (C=O) groups is 3. The maximum absolute atomic E-state index is 13.1. The molecule has 156 valence electrons. The fourth-order valence-electron chi connectivity index (χ4n) is 4.01. The van der Waals surface area contributed by atoms with Gasteiger partial charge in [0, 0.05) is 23.7 Å². The van der Waals surface area contributed by atoms with Crippen LogP contribution in [0.4, 0.5) is 4.79 Å². The van der Waals surface area contributed by atoms with Gasteiger partial charge in [-0.05, 0) is 48.7 Å². The van der Waals surface area contributed by atoms with Gasteiger partial charge in [-0.3, -0.25) is 14.5 Å². The maximum Gasteiger partial charge on any atom is 0.325 e. The molecule has 4 rings (SSSR count). The summed E-state index contributed by atoms with van der Waals surface area (Å²) in [4.78, 5) is 41.4. The van der Waals surface area contributed by atoms with Crippen molar-refractivity contribution in [3.8, 4) is 5.75 Å². The zero-order chi connectivity index (χ0) is 21.3. The van der Waals surface area contributed by atoms with Gasteiger partial charge >= 0.3 is 6.03 Å². The topological polar surface area (TPSA) is 79.0 Å². The lowest BCUT2D eigenvalue weighted by atomic mass is 9.87. The molecule has 0 aromatic heterocycles. The van der Waals surface area contributed by atoms with Crippen LogP contribution in [-0.2, 0) is 11.3 Å². The number of methoxy groups -OCH3 is 1. The van der Waals surface area contributed by atoms with Crippen molar-refractivity contribution in [2.75, 3.05) is 20.2 Å². The first-order valence-electron chi connectivity index (χ1n) is 9.74. The summed E-state index contributed by atoms with van der Waals surface area (Å²) >= 11 is 6.01. The van der Waals surface area contributed by atoms with Crippen molar-refractivity contribution in [2.24, 2.45) is 0 Å². The fraction of sp³-hybridized carbons (Fsp3) is 0.318. The van der Waals surface area contributed by atoms with Crippen LogP contribution in [0.1, 0.15) is 28.8 Å². The van der Waals surface area contributed by atoms with Crippen molar-refractivity contribution in [2.45, 2.75) is 24.9 Å². The van der Waals surface area contributed by atoms with Gasteiger partial charge in [0.25, 0.3) is 11.8 Å². The molecule has 0 atom stereocenters. The number of ether oxygens (including phenoxy) is 1. The normalized spacial score (nSPS) is 17.9. The van der Waals surface area contributed by atoms with E-state index in [0.717, 1.165) is 5.56 Å². The summed E-state index contributed by atoms with van der Waals surface area (Å²) in [6.07, 6.45) is 0.749. The number of nitrogens with one attached hydrogen (secondary N) is 1. The van der Waals surface area contributed by atoms with E-state index in [4.69, 9.17) is 16.3 Å². The third kappa shape index (κ3) is 3.73. The predicted octanol–water partition coefficient (Wildman–Crippen LogP) is 3.08. The number of carbonyl (C=O) groups excluding carboxylic acids is 3. The summed E-state index contributed by atoms with van der Waals surface area (Å²) in [5.41, 5.74) is 0.365. The molecule has 0 bridgehead atoms. The molecule has 2 aliphatic heterocycles. The van der Waals surface area contributed by atoms with E-state index in [1.54, 1.807) is 54.5 Å². The van der Waals surface area contributed by atoms with E-state index in [2.05, 4.69) is 5.32 Å². The molecule has 1 spiro atoms. The van der Waals surface area contributed by atoms with Crippen LogP contribution in [0.25, 0.3) is 0 Å². The molecular weight excluding hydrogens is 406 g/mol. The van der Waals surface area contributed by atoms with Gasteiger partial charge in [0.15, 0.2) is 0 Å². The predicted molar refractivity (Wildman–Crippen MR) is 111 cm³/mol. The number of benzene rings is 2. The number of imide groups is 1. The molecule has 7 nitrogen and oxygen atoms in total. The Bertz CT molecular complexity index is 1000. The molecule has 0 aliphatic carbocycles. The van der Waals surface area contributed by atoms with Crippen LogP contribution in [0.15, 0.2) is 48.5 Å². The van der Waals surface area contributed by atoms with Crippen LogP contribution in [0, 0.1) is 0 Å². The number of likely N-dealkylation sites (tertiary alicyclic amines) is 1. The van der Waals surface area contributed by atoms with Gasteiger partial charge in [0.1, 0.15) is 11.3 Å². The average molecular weight is 428 g/mol. The van der Waals surface area contributed by atoms with Crippen molar-refractivity contribution >= 4 is 29.4 Å². The molecule has 8 heteroatoms. The Kier molecular flexibility index (Phi) is 5.39. The smallest absolute Gasteiger partial charge is 0.325 e. The number of nitrogens with zero attached hydrogens (tertiary/aromatic N) is 2. The molecule has 0 radical (unpaired) electrons. The average Bonchev–Trinajstić information content (AvgIpc) is 2.98.